The normalized spacial score (nSPS) is 12.2. The molecule has 18 heavy (non-hydrogen) atoms. The van der Waals surface area contributed by atoms with Gasteiger partial charge in [0, 0.05) is 18.4 Å². The molecular weight excluding hydrogens is 228 g/mol. The molecule has 0 spiro atoms. The summed E-state index contributed by atoms with van der Waals surface area (Å²) >= 11 is 0. The van der Waals surface area contributed by atoms with Crippen molar-refractivity contribution in [2.45, 2.75) is 32.7 Å². The van der Waals surface area contributed by atoms with Gasteiger partial charge in [-0.3, -0.25) is 4.79 Å². The van der Waals surface area contributed by atoms with Crippen molar-refractivity contribution < 1.29 is 9.53 Å². The van der Waals surface area contributed by atoms with E-state index in [2.05, 4.69) is 12.2 Å². The van der Waals surface area contributed by atoms with E-state index in [9.17, 15) is 4.79 Å². The summed E-state index contributed by atoms with van der Waals surface area (Å²) in [4.78, 5) is 12.1. The molecule has 0 saturated heterocycles. The minimum absolute atomic E-state index is 0.0597. The van der Waals surface area contributed by atoms with Gasteiger partial charge in [-0.1, -0.05) is 13.3 Å². The lowest BCUT2D eigenvalue weighted by Crippen LogP contribution is -2.38. The summed E-state index contributed by atoms with van der Waals surface area (Å²) in [6.45, 7) is 4.51. The molecule has 0 fully saturated rings. The van der Waals surface area contributed by atoms with Gasteiger partial charge in [0.25, 0.3) is 5.91 Å². The summed E-state index contributed by atoms with van der Waals surface area (Å²) in [6.07, 6.45) is 1.92. The van der Waals surface area contributed by atoms with Crippen LogP contribution in [0, 0.1) is 6.92 Å². The van der Waals surface area contributed by atoms with E-state index in [0.29, 0.717) is 17.9 Å². The van der Waals surface area contributed by atoms with Gasteiger partial charge in [0.15, 0.2) is 0 Å². The van der Waals surface area contributed by atoms with Crippen LogP contribution in [-0.2, 0) is 4.74 Å². The molecule has 0 heterocycles. The van der Waals surface area contributed by atoms with E-state index in [1.54, 1.807) is 25.3 Å². The number of carbonyl (C=O) groups is 1. The number of nitrogens with one attached hydrogen (secondary N) is 1. The largest absolute Gasteiger partial charge is 0.399 e. The lowest BCUT2D eigenvalue weighted by molar-refractivity contribution is 0.0891. The molecule has 1 aromatic rings. The Morgan fingerprint density at radius 1 is 1.50 bits per heavy atom. The number of carbonyl (C=O) groups excluding carboxylic acids is 1. The predicted molar refractivity (Wildman–Crippen MR) is 73.6 cm³/mol. The molecular formula is C14H22N2O2. The lowest BCUT2D eigenvalue weighted by Gasteiger charge is -2.18. The van der Waals surface area contributed by atoms with E-state index in [-0.39, 0.29) is 11.9 Å². The van der Waals surface area contributed by atoms with Crippen molar-refractivity contribution >= 4 is 11.6 Å². The third-order valence-electron chi connectivity index (χ3n) is 2.84. The number of anilines is 1. The van der Waals surface area contributed by atoms with Crippen LogP contribution < -0.4 is 11.1 Å². The Kier molecular flexibility index (Phi) is 5.65. The van der Waals surface area contributed by atoms with E-state index < -0.39 is 0 Å². The van der Waals surface area contributed by atoms with Gasteiger partial charge in [-0.05, 0) is 37.1 Å². The molecule has 4 heteroatoms. The number of hydrogen-bond donors (Lipinski definition) is 2. The second kappa shape index (κ2) is 7.01. The zero-order chi connectivity index (χ0) is 13.5. The Labute approximate surface area is 109 Å². The molecule has 1 atom stereocenters. The van der Waals surface area contributed by atoms with Crippen molar-refractivity contribution in [2.24, 2.45) is 0 Å². The highest BCUT2D eigenvalue weighted by molar-refractivity contribution is 5.96. The maximum absolute atomic E-state index is 12.1. The van der Waals surface area contributed by atoms with Crippen LogP contribution in [0.1, 0.15) is 35.7 Å². The maximum Gasteiger partial charge on any atom is 0.251 e. The predicted octanol–water partition coefficient (Wildman–Crippen LogP) is 2.12. The van der Waals surface area contributed by atoms with E-state index >= 15 is 0 Å². The second-order valence-corrected chi connectivity index (χ2v) is 4.49. The third-order valence-corrected chi connectivity index (χ3v) is 2.84. The molecule has 0 aliphatic rings. The first-order valence-electron chi connectivity index (χ1n) is 6.24. The Bertz CT molecular complexity index is 399. The summed E-state index contributed by atoms with van der Waals surface area (Å²) in [6, 6.07) is 5.37. The van der Waals surface area contributed by atoms with Crippen LogP contribution in [0.25, 0.3) is 0 Å². The Morgan fingerprint density at radius 2 is 2.22 bits per heavy atom. The molecule has 0 bridgehead atoms. The molecule has 1 unspecified atom stereocenters. The number of aryl methyl sites for hydroxylation is 1. The number of hydrogen-bond acceptors (Lipinski definition) is 3. The Hall–Kier alpha value is -1.55. The first kappa shape index (κ1) is 14.5. The topological polar surface area (TPSA) is 64.3 Å². The number of nitrogens with two attached hydrogens (primary N) is 1. The Balaban J connectivity index is 2.73. The fourth-order valence-electron chi connectivity index (χ4n) is 1.95. The van der Waals surface area contributed by atoms with Crippen molar-refractivity contribution in [3.05, 3.63) is 29.3 Å². The summed E-state index contributed by atoms with van der Waals surface area (Å²) in [5.41, 5.74) is 7.90. The van der Waals surface area contributed by atoms with E-state index in [0.717, 1.165) is 18.4 Å². The zero-order valence-corrected chi connectivity index (χ0v) is 11.3. The third kappa shape index (κ3) is 4.04. The van der Waals surface area contributed by atoms with Crippen LogP contribution >= 0.6 is 0 Å². The SMILES string of the molecule is CCCC(COC)NC(=O)c1ccc(N)cc1C. The fourth-order valence-corrected chi connectivity index (χ4v) is 1.95. The molecule has 1 rings (SSSR count). The number of rotatable bonds is 6. The van der Waals surface area contributed by atoms with Crippen LogP contribution in [0.2, 0.25) is 0 Å². The van der Waals surface area contributed by atoms with Gasteiger partial charge < -0.3 is 15.8 Å². The van der Waals surface area contributed by atoms with Gasteiger partial charge in [-0.25, -0.2) is 0 Å². The van der Waals surface area contributed by atoms with Gasteiger partial charge in [0.1, 0.15) is 0 Å². The smallest absolute Gasteiger partial charge is 0.251 e. The van der Waals surface area contributed by atoms with Gasteiger partial charge in [0.05, 0.1) is 12.6 Å². The zero-order valence-electron chi connectivity index (χ0n) is 11.3. The van der Waals surface area contributed by atoms with Crippen molar-refractivity contribution in [1.29, 1.82) is 0 Å². The maximum atomic E-state index is 12.1. The monoisotopic (exact) mass is 250 g/mol. The molecule has 0 aromatic heterocycles. The van der Waals surface area contributed by atoms with E-state index in [1.807, 2.05) is 6.92 Å². The lowest BCUT2D eigenvalue weighted by atomic mass is 10.1. The molecule has 0 aliphatic carbocycles. The molecule has 4 nitrogen and oxygen atoms in total. The second-order valence-electron chi connectivity index (χ2n) is 4.49. The molecule has 100 valence electrons. The minimum Gasteiger partial charge on any atom is -0.399 e. The van der Waals surface area contributed by atoms with E-state index in [4.69, 9.17) is 10.5 Å². The Morgan fingerprint density at radius 3 is 2.78 bits per heavy atom. The highest BCUT2D eigenvalue weighted by atomic mass is 16.5. The van der Waals surface area contributed by atoms with Gasteiger partial charge in [-0.15, -0.1) is 0 Å². The molecule has 0 aliphatic heterocycles. The summed E-state index contributed by atoms with van der Waals surface area (Å²) < 4.78 is 5.11. The van der Waals surface area contributed by atoms with Gasteiger partial charge >= 0.3 is 0 Å². The molecule has 1 amide bonds. The average Bonchev–Trinajstić information content (AvgIpc) is 2.29. The first-order valence-corrected chi connectivity index (χ1v) is 6.24. The molecule has 0 radical (unpaired) electrons. The summed E-state index contributed by atoms with van der Waals surface area (Å²) in [7, 11) is 1.64. The molecule has 1 aromatic carbocycles. The van der Waals surface area contributed by atoms with Crippen LogP contribution in [0.3, 0.4) is 0 Å². The van der Waals surface area contributed by atoms with Crippen LogP contribution in [0.15, 0.2) is 18.2 Å². The number of methoxy groups -OCH3 is 1. The van der Waals surface area contributed by atoms with Crippen LogP contribution in [0.4, 0.5) is 5.69 Å². The number of nitrogen functional groups attached to an aromatic ring is 1. The van der Waals surface area contributed by atoms with Gasteiger partial charge in [-0.2, -0.15) is 0 Å². The van der Waals surface area contributed by atoms with Crippen LogP contribution in [0.5, 0.6) is 0 Å². The van der Waals surface area contributed by atoms with Crippen molar-refractivity contribution in [3.63, 3.8) is 0 Å². The minimum atomic E-state index is -0.0667. The van der Waals surface area contributed by atoms with E-state index in [1.165, 1.54) is 0 Å². The van der Waals surface area contributed by atoms with Crippen molar-refractivity contribution in [3.8, 4) is 0 Å². The van der Waals surface area contributed by atoms with Crippen molar-refractivity contribution in [2.75, 3.05) is 19.5 Å². The van der Waals surface area contributed by atoms with Crippen LogP contribution in [-0.4, -0.2) is 25.7 Å². The standard InChI is InChI=1S/C14H22N2O2/c1-4-5-12(9-18-3)16-14(17)13-7-6-11(15)8-10(13)2/h6-8,12H,4-5,9,15H2,1-3H3,(H,16,17). The molecule has 3 N–H and O–H groups in total. The first-order chi connectivity index (χ1) is 8.58. The number of amides is 1. The number of ether oxygens (including phenoxy) is 1. The highest BCUT2D eigenvalue weighted by Crippen LogP contribution is 2.13. The van der Waals surface area contributed by atoms with Gasteiger partial charge in [0.2, 0.25) is 0 Å². The summed E-state index contributed by atoms with van der Waals surface area (Å²) in [5.74, 6) is -0.0667. The number of benzene rings is 1. The average molecular weight is 250 g/mol. The fraction of sp³-hybridized carbons (Fsp3) is 0.500. The highest BCUT2D eigenvalue weighted by Gasteiger charge is 2.14. The van der Waals surface area contributed by atoms with Crippen molar-refractivity contribution in [1.82, 2.24) is 5.32 Å². The molecule has 0 saturated carbocycles. The quantitative estimate of drug-likeness (QED) is 0.760. The summed E-state index contributed by atoms with van der Waals surface area (Å²) in [5, 5.41) is 2.99.